The molecule has 1 aliphatic rings. The van der Waals surface area contributed by atoms with Crippen LogP contribution in [-0.4, -0.2) is 47.1 Å². The van der Waals surface area contributed by atoms with Crippen LogP contribution in [0.3, 0.4) is 0 Å². The highest BCUT2D eigenvalue weighted by molar-refractivity contribution is 6.03. The third-order valence-corrected chi connectivity index (χ3v) is 5.17. The highest BCUT2D eigenvalue weighted by atomic mass is 16.5. The normalized spacial score (nSPS) is 15.8. The first-order chi connectivity index (χ1) is 14.7. The Kier molecular flexibility index (Phi) is 5.95. The first kappa shape index (κ1) is 21.8. The van der Waals surface area contributed by atoms with Crippen LogP contribution in [0.4, 0.5) is 11.5 Å². The van der Waals surface area contributed by atoms with Gasteiger partial charge in [0, 0.05) is 27.1 Å². The van der Waals surface area contributed by atoms with Crippen LogP contribution >= 0.6 is 0 Å². The molecule has 0 aliphatic carbocycles. The van der Waals surface area contributed by atoms with Crippen molar-refractivity contribution in [1.82, 2.24) is 9.13 Å². The summed E-state index contributed by atoms with van der Waals surface area (Å²) in [6.45, 7) is -0.675. The van der Waals surface area contributed by atoms with Crippen molar-refractivity contribution in [3.8, 4) is 5.75 Å². The van der Waals surface area contributed by atoms with Crippen molar-refractivity contribution in [3.05, 3.63) is 50.7 Å². The summed E-state index contributed by atoms with van der Waals surface area (Å²) in [7, 11) is 4.01. The number of amides is 1. The number of ether oxygens (including phenoxy) is 2. The zero-order chi connectivity index (χ0) is 22.9. The second kappa shape index (κ2) is 8.46. The number of hydrogen-bond acceptors (Lipinski definition) is 8. The third-order valence-electron chi connectivity index (χ3n) is 5.17. The van der Waals surface area contributed by atoms with E-state index in [1.807, 2.05) is 0 Å². The lowest BCUT2D eigenvalue weighted by Gasteiger charge is -2.19. The molecule has 1 aromatic carbocycles. The van der Waals surface area contributed by atoms with E-state index >= 15 is 0 Å². The quantitative estimate of drug-likeness (QED) is 0.475. The van der Waals surface area contributed by atoms with Crippen molar-refractivity contribution in [2.75, 3.05) is 30.9 Å². The average molecular weight is 430 g/mol. The van der Waals surface area contributed by atoms with E-state index in [0.717, 1.165) is 9.13 Å². The maximum atomic E-state index is 12.5. The number of esters is 1. The van der Waals surface area contributed by atoms with Crippen LogP contribution in [0.2, 0.25) is 0 Å². The topological polar surface area (TPSA) is 143 Å². The van der Waals surface area contributed by atoms with Gasteiger partial charge >= 0.3 is 11.7 Å². The first-order valence-electron chi connectivity index (χ1n) is 9.36. The summed E-state index contributed by atoms with van der Waals surface area (Å²) in [5.41, 5.74) is 4.27. The number of methoxy groups -OCH3 is 1. The Hall–Kier alpha value is -3.89. The van der Waals surface area contributed by atoms with Crippen molar-refractivity contribution in [2.45, 2.75) is 6.42 Å². The summed E-state index contributed by atoms with van der Waals surface area (Å²) >= 11 is 0. The molecule has 11 heteroatoms. The fourth-order valence-electron chi connectivity index (χ4n) is 3.40. The fraction of sp³-hybridized carbons (Fsp3) is 0.350. The highest BCUT2D eigenvalue weighted by Crippen LogP contribution is 2.33. The van der Waals surface area contributed by atoms with E-state index in [2.05, 4.69) is 0 Å². The molecule has 0 radical (unpaired) electrons. The Morgan fingerprint density at radius 1 is 1.13 bits per heavy atom. The number of Topliss-reactive ketones (excluding diaryl/α,β-unsaturated/α-hetero) is 1. The van der Waals surface area contributed by atoms with Crippen LogP contribution < -0.4 is 26.6 Å². The molecule has 31 heavy (non-hydrogen) atoms. The number of nitrogen functional groups attached to an aromatic ring is 1. The van der Waals surface area contributed by atoms with Gasteiger partial charge in [-0.1, -0.05) is 12.1 Å². The Morgan fingerprint density at radius 2 is 1.81 bits per heavy atom. The summed E-state index contributed by atoms with van der Waals surface area (Å²) in [6, 6.07) is 6.90. The average Bonchev–Trinajstić information content (AvgIpc) is 3.16. The van der Waals surface area contributed by atoms with E-state index in [0.29, 0.717) is 11.4 Å². The minimum absolute atomic E-state index is 0.0655. The number of ketones is 1. The predicted octanol–water partition coefficient (Wildman–Crippen LogP) is -0.546. The molecule has 2 N–H and O–H groups in total. The van der Waals surface area contributed by atoms with Gasteiger partial charge in [0.15, 0.2) is 6.61 Å². The van der Waals surface area contributed by atoms with Crippen LogP contribution in [0, 0.1) is 5.92 Å². The zero-order valence-electron chi connectivity index (χ0n) is 17.3. The number of nitrogens with zero attached hydrogens (tertiary/aromatic N) is 3. The number of para-hydroxylation sites is 2. The van der Waals surface area contributed by atoms with Crippen LogP contribution in [0.25, 0.3) is 0 Å². The van der Waals surface area contributed by atoms with Gasteiger partial charge < -0.3 is 20.1 Å². The Balaban J connectivity index is 1.71. The lowest BCUT2D eigenvalue weighted by molar-refractivity contribution is -0.147. The number of benzene rings is 1. The molecule has 1 aromatic heterocycles. The molecule has 2 aromatic rings. The maximum Gasteiger partial charge on any atom is 0.332 e. The van der Waals surface area contributed by atoms with Gasteiger partial charge in [-0.25, -0.2) is 4.79 Å². The van der Waals surface area contributed by atoms with Crippen LogP contribution in [0.5, 0.6) is 5.75 Å². The van der Waals surface area contributed by atoms with E-state index in [-0.39, 0.29) is 24.7 Å². The minimum atomic E-state index is -0.875. The van der Waals surface area contributed by atoms with Gasteiger partial charge in [-0.3, -0.25) is 28.3 Å². The molecule has 1 saturated heterocycles. The molecule has 0 bridgehead atoms. The fourth-order valence-corrected chi connectivity index (χ4v) is 3.40. The van der Waals surface area contributed by atoms with Gasteiger partial charge in [-0.05, 0) is 12.1 Å². The number of carbonyl (C=O) groups is 3. The third kappa shape index (κ3) is 3.93. The smallest absolute Gasteiger partial charge is 0.332 e. The number of hydrogen-bond donors (Lipinski definition) is 1. The van der Waals surface area contributed by atoms with Gasteiger partial charge in [-0.15, -0.1) is 0 Å². The number of carbonyl (C=O) groups excluding carboxylic acids is 3. The molecule has 0 spiro atoms. The van der Waals surface area contributed by atoms with Crippen molar-refractivity contribution < 1.29 is 23.9 Å². The number of rotatable bonds is 6. The molecule has 2 heterocycles. The van der Waals surface area contributed by atoms with Gasteiger partial charge in [-0.2, -0.15) is 0 Å². The molecule has 1 fully saturated rings. The van der Waals surface area contributed by atoms with E-state index in [9.17, 15) is 24.0 Å². The van der Waals surface area contributed by atoms with Crippen molar-refractivity contribution in [1.29, 1.82) is 0 Å². The highest BCUT2D eigenvalue weighted by Gasteiger charge is 2.37. The number of anilines is 2. The molecular formula is C20H22N4O7. The Labute approximate surface area is 176 Å². The first-order valence-corrected chi connectivity index (χ1v) is 9.36. The molecule has 1 aliphatic heterocycles. The second-order valence-corrected chi connectivity index (χ2v) is 7.07. The molecule has 0 saturated carbocycles. The molecule has 1 atom stereocenters. The van der Waals surface area contributed by atoms with Crippen LogP contribution in [0.1, 0.15) is 16.8 Å². The summed E-state index contributed by atoms with van der Waals surface area (Å²) in [5, 5.41) is 0. The zero-order valence-corrected chi connectivity index (χ0v) is 17.3. The monoisotopic (exact) mass is 430 g/mol. The largest absolute Gasteiger partial charge is 0.495 e. The summed E-state index contributed by atoms with van der Waals surface area (Å²) in [5.74, 6) is -2.49. The molecule has 11 nitrogen and oxygen atoms in total. The summed E-state index contributed by atoms with van der Waals surface area (Å²) < 4.78 is 12.0. The number of aromatic nitrogens is 2. The summed E-state index contributed by atoms with van der Waals surface area (Å²) in [4.78, 5) is 62.9. The lowest BCUT2D eigenvalue weighted by atomic mass is 10.1. The predicted molar refractivity (Wildman–Crippen MR) is 110 cm³/mol. The molecular weight excluding hydrogens is 408 g/mol. The van der Waals surface area contributed by atoms with E-state index < -0.39 is 41.1 Å². The Morgan fingerprint density at radius 3 is 2.48 bits per heavy atom. The van der Waals surface area contributed by atoms with Crippen molar-refractivity contribution in [2.24, 2.45) is 20.0 Å². The maximum absolute atomic E-state index is 12.5. The van der Waals surface area contributed by atoms with E-state index in [1.54, 1.807) is 24.3 Å². The summed E-state index contributed by atoms with van der Waals surface area (Å²) in [6.07, 6.45) is -0.0885. The molecule has 164 valence electrons. The van der Waals surface area contributed by atoms with Crippen molar-refractivity contribution >= 4 is 29.2 Å². The van der Waals surface area contributed by atoms with Crippen LogP contribution in [0.15, 0.2) is 33.9 Å². The molecule has 0 unspecified atom stereocenters. The van der Waals surface area contributed by atoms with Crippen molar-refractivity contribution in [3.63, 3.8) is 0 Å². The van der Waals surface area contributed by atoms with E-state index in [4.69, 9.17) is 15.2 Å². The van der Waals surface area contributed by atoms with Gasteiger partial charge in [0.1, 0.15) is 17.1 Å². The van der Waals surface area contributed by atoms with Gasteiger partial charge in [0.05, 0.1) is 18.7 Å². The second-order valence-electron chi connectivity index (χ2n) is 7.07. The van der Waals surface area contributed by atoms with Crippen LogP contribution in [-0.2, 0) is 28.4 Å². The lowest BCUT2D eigenvalue weighted by Crippen LogP contribution is -2.42. The van der Waals surface area contributed by atoms with E-state index in [1.165, 1.54) is 26.1 Å². The molecule has 1 amide bonds. The number of nitrogens with two attached hydrogens (primary N) is 1. The Bertz CT molecular complexity index is 1180. The standard InChI is InChI=1S/C20H22N4O7/c1-22-17(21)16(18(27)23(2)20(22)29)13(25)10-31-19(28)11-8-15(26)24(9-11)12-6-4-5-7-14(12)30-3/h4-7,11H,8-10,21H2,1-3H3/t11-/m0/s1. The SMILES string of the molecule is COc1ccccc1N1C[C@@H](C(=O)OCC(=O)c2c(N)n(C)c(=O)n(C)c2=O)CC1=O. The molecule has 3 rings (SSSR count). The minimum Gasteiger partial charge on any atom is -0.495 e. The van der Waals surface area contributed by atoms with Gasteiger partial charge in [0.2, 0.25) is 11.7 Å². The van der Waals surface area contributed by atoms with Gasteiger partial charge in [0.25, 0.3) is 5.56 Å².